The fraction of sp³-hybridized carbons (Fsp3) is 0.500. The Bertz CT molecular complexity index is 551. The van der Waals surface area contributed by atoms with E-state index >= 15 is 0 Å². The van der Waals surface area contributed by atoms with Gasteiger partial charge in [-0.05, 0) is 31.9 Å². The van der Waals surface area contributed by atoms with E-state index in [2.05, 4.69) is 0 Å². The van der Waals surface area contributed by atoms with Crippen LogP contribution in [0.15, 0.2) is 29.2 Å². The van der Waals surface area contributed by atoms with Crippen molar-refractivity contribution in [1.82, 2.24) is 4.31 Å². The molecule has 1 aliphatic heterocycles. The van der Waals surface area contributed by atoms with Gasteiger partial charge in [-0.3, -0.25) is 4.79 Å². The lowest BCUT2D eigenvalue weighted by Crippen LogP contribution is -2.40. The Balaban J connectivity index is 0.000000956. The van der Waals surface area contributed by atoms with Crippen LogP contribution in [0.25, 0.3) is 0 Å². The van der Waals surface area contributed by atoms with Crippen molar-refractivity contribution in [3.05, 3.63) is 29.8 Å². The van der Waals surface area contributed by atoms with Gasteiger partial charge in [-0.2, -0.15) is 4.31 Å². The van der Waals surface area contributed by atoms with Gasteiger partial charge in [0.2, 0.25) is 10.0 Å². The number of sulfonamides is 1. The van der Waals surface area contributed by atoms with Gasteiger partial charge in [0.25, 0.3) is 0 Å². The number of hydrogen-bond acceptors (Lipinski definition) is 3. The van der Waals surface area contributed by atoms with E-state index in [1.165, 1.54) is 12.1 Å². The molecule has 1 saturated heterocycles. The Morgan fingerprint density at radius 3 is 2.30 bits per heavy atom. The number of aliphatic carboxylic acids is 1. The molecule has 0 aliphatic carbocycles. The van der Waals surface area contributed by atoms with Crippen LogP contribution >= 0.6 is 0 Å². The zero-order valence-corrected chi connectivity index (χ0v) is 12.9. The summed E-state index contributed by atoms with van der Waals surface area (Å²) in [5.41, 5.74) is 0.963. The lowest BCUT2D eigenvalue weighted by molar-refractivity contribution is -0.140. The first-order chi connectivity index (χ1) is 9.43. The van der Waals surface area contributed by atoms with Crippen LogP contribution in [0.4, 0.5) is 0 Å². The topological polar surface area (TPSA) is 74.7 Å². The van der Waals surface area contributed by atoms with Gasteiger partial charge in [0.1, 0.15) is 6.04 Å². The van der Waals surface area contributed by atoms with Crippen molar-refractivity contribution < 1.29 is 18.3 Å². The largest absolute Gasteiger partial charge is 0.480 e. The molecule has 0 aromatic heterocycles. The molecule has 1 N–H and O–H groups in total. The molecule has 0 amide bonds. The van der Waals surface area contributed by atoms with Crippen LogP contribution in [0, 0.1) is 6.92 Å². The Morgan fingerprint density at radius 2 is 1.80 bits per heavy atom. The molecule has 20 heavy (non-hydrogen) atoms. The lowest BCUT2D eigenvalue weighted by Gasteiger charge is -2.20. The van der Waals surface area contributed by atoms with E-state index in [9.17, 15) is 13.2 Å². The number of benzene rings is 1. The quantitative estimate of drug-likeness (QED) is 0.929. The highest BCUT2D eigenvalue weighted by Gasteiger charge is 2.39. The molecule has 6 heteroatoms. The first-order valence-electron chi connectivity index (χ1n) is 6.74. The smallest absolute Gasteiger partial charge is 0.322 e. The molecule has 112 valence electrons. The van der Waals surface area contributed by atoms with E-state index in [0.29, 0.717) is 12.8 Å². The van der Waals surface area contributed by atoms with E-state index in [-0.39, 0.29) is 11.4 Å². The highest BCUT2D eigenvalue weighted by atomic mass is 32.2. The summed E-state index contributed by atoms with van der Waals surface area (Å²) in [6.07, 6.45) is 0.961. The number of nitrogens with zero attached hydrogens (tertiary/aromatic N) is 1. The molecule has 0 bridgehead atoms. The van der Waals surface area contributed by atoms with Crippen molar-refractivity contribution in [3.63, 3.8) is 0 Å². The first kappa shape index (κ1) is 16.7. The minimum Gasteiger partial charge on any atom is -0.480 e. The van der Waals surface area contributed by atoms with Crippen molar-refractivity contribution in [2.24, 2.45) is 0 Å². The molecule has 0 radical (unpaired) electrons. The fourth-order valence-corrected chi connectivity index (χ4v) is 3.77. The van der Waals surface area contributed by atoms with Crippen molar-refractivity contribution in [2.45, 2.75) is 44.6 Å². The SMILES string of the molecule is CC.Cc1ccc(S(=O)(=O)N2CCC[C@H]2C(=O)O)cc1. The summed E-state index contributed by atoms with van der Waals surface area (Å²) in [5, 5.41) is 9.03. The number of carbonyl (C=O) groups is 1. The Morgan fingerprint density at radius 1 is 1.25 bits per heavy atom. The molecule has 1 heterocycles. The molecular formula is C14H21NO4S. The number of hydrogen-bond donors (Lipinski definition) is 1. The number of carboxylic acids is 1. The molecular weight excluding hydrogens is 278 g/mol. The number of aryl methyl sites for hydroxylation is 1. The summed E-state index contributed by atoms with van der Waals surface area (Å²) in [5.74, 6) is -1.08. The summed E-state index contributed by atoms with van der Waals surface area (Å²) >= 11 is 0. The standard InChI is InChI=1S/C12H15NO4S.C2H6/c1-9-4-6-10(7-5-9)18(16,17)13-8-2-3-11(13)12(14)15;1-2/h4-7,11H,2-3,8H2,1H3,(H,14,15);1-2H3/t11-;/m0./s1. The normalized spacial score (nSPS) is 19.2. The van der Waals surface area contributed by atoms with Crippen LogP contribution in [0.5, 0.6) is 0 Å². The summed E-state index contributed by atoms with van der Waals surface area (Å²) in [4.78, 5) is 11.2. The molecule has 0 unspecified atom stereocenters. The maximum absolute atomic E-state index is 12.3. The van der Waals surface area contributed by atoms with Crippen molar-refractivity contribution in [1.29, 1.82) is 0 Å². The second-order valence-corrected chi connectivity index (χ2v) is 6.32. The predicted molar refractivity (Wildman–Crippen MR) is 77.1 cm³/mol. The monoisotopic (exact) mass is 299 g/mol. The molecule has 1 aromatic carbocycles. The number of carboxylic acid groups (broad SMARTS) is 1. The molecule has 5 nitrogen and oxygen atoms in total. The average Bonchev–Trinajstić information content (AvgIpc) is 2.91. The molecule has 0 saturated carbocycles. The fourth-order valence-electron chi connectivity index (χ4n) is 2.12. The van der Waals surface area contributed by atoms with Crippen LogP contribution in [0.2, 0.25) is 0 Å². The van der Waals surface area contributed by atoms with Gasteiger partial charge in [0.15, 0.2) is 0 Å². The van der Waals surface area contributed by atoms with Gasteiger partial charge >= 0.3 is 5.97 Å². The minimum absolute atomic E-state index is 0.154. The van der Waals surface area contributed by atoms with E-state index in [1.807, 2.05) is 20.8 Å². The lowest BCUT2D eigenvalue weighted by atomic mass is 10.2. The van der Waals surface area contributed by atoms with Gasteiger partial charge in [-0.15, -0.1) is 0 Å². The summed E-state index contributed by atoms with van der Waals surface area (Å²) in [6, 6.07) is 5.51. The zero-order chi connectivity index (χ0) is 15.3. The third kappa shape index (κ3) is 3.37. The van der Waals surface area contributed by atoms with Crippen LogP contribution in [0.3, 0.4) is 0 Å². The third-order valence-corrected chi connectivity index (χ3v) is 5.04. The summed E-state index contributed by atoms with van der Waals surface area (Å²) in [6.45, 7) is 6.14. The zero-order valence-electron chi connectivity index (χ0n) is 12.0. The Labute approximate surface area is 120 Å². The number of rotatable bonds is 3. The van der Waals surface area contributed by atoms with Gasteiger partial charge in [-0.25, -0.2) is 8.42 Å². The molecule has 1 aliphatic rings. The van der Waals surface area contributed by atoms with E-state index in [4.69, 9.17) is 5.11 Å². The Kier molecular flexibility index (Phi) is 5.71. The van der Waals surface area contributed by atoms with Crippen molar-refractivity contribution >= 4 is 16.0 Å². The van der Waals surface area contributed by atoms with Crippen LogP contribution in [0.1, 0.15) is 32.3 Å². The predicted octanol–water partition coefficient (Wildman–Crippen LogP) is 2.26. The molecule has 1 fully saturated rings. The maximum Gasteiger partial charge on any atom is 0.322 e. The molecule has 0 spiro atoms. The van der Waals surface area contributed by atoms with Crippen LogP contribution in [-0.2, 0) is 14.8 Å². The second kappa shape index (κ2) is 6.85. The van der Waals surface area contributed by atoms with E-state index in [1.54, 1.807) is 12.1 Å². The minimum atomic E-state index is -3.70. The highest BCUT2D eigenvalue weighted by molar-refractivity contribution is 7.89. The molecule has 1 aromatic rings. The maximum atomic E-state index is 12.3. The van der Waals surface area contributed by atoms with Crippen LogP contribution in [-0.4, -0.2) is 36.4 Å². The van der Waals surface area contributed by atoms with E-state index < -0.39 is 22.0 Å². The Hall–Kier alpha value is -1.40. The third-order valence-electron chi connectivity index (χ3n) is 3.12. The van der Waals surface area contributed by atoms with Gasteiger partial charge in [0, 0.05) is 6.54 Å². The second-order valence-electron chi connectivity index (χ2n) is 4.43. The van der Waals surface area contributed by atoms with Gasteiger partial charge in [-0.1, -0.05) is 31.5 Å². The first-order valence-corrected chi connectivity index (χ1v) is 8.18. The highest BCUT2D eigenvalue weighted by Crippen LogP contribution is 2.26. The van der Waals surface area contributed by atoms with Crippen molar-refractivity contribution in [3.8, 4) is 0 Å². The average molecular weight is 299 g/mol. The summed E-state index contributed by atoms with van der Waals surface area (Å²) in [7, 11) is -3.70. The van der Waals surface area contributed by atoms with Crippen LogP contribution < -0.4 is 0 Å². The van der Waals surface area contributed by atoms with Gasteiger partial charge < -0.3 is 5.11 Å². The summed E-state index contributed by atoms with van der Waals surface area (Å²) < 4.78 is 25.7. The van der Waals surface area contributed by atoms with Gasteiger partial charge in [0.05, 0.1) is 4.90 Å². The molecule has 2 rings (SSSR count). The molecule has 1 atom stereocenters. The van der Waals surface area contributed by atoms with E-state index in [0.717, 1.165) is 9.87 Å². The van der Waals surface area contributed by atoms with Crippen molar-refractivity contribution in [2.75, 3.05) is 6.54 Å².